The number of hydrogen-bond acceptors (Lipinski definition) is 4. The van der Waals surface area contributed by atoms with Gasteiger partial charge in [0.1, 0.15) is 16.9 Å². The van der Waals surface area contributed by atoms with Crippen LogP contribution in [0, 0.1) is 0 Å². The Bertz CT molecular complexity index is 2650. The van der Waals surface area contributed by atoms with E-state index in [1.54, 1.807) is 7.11 Å². The molecular weight excluding hydrogens is 643 g/mol. The van der Waals surface area contributed by atoms with Gasteiger partial charge in [-0.25, -0.2) is 0 Å². The minimum atomic E-state index is 0.922. The fourth-order valence-electron chi connectivity index (χ4n) is 6.84. The van der Waals surface area contributed by atoms with Crippen molar-refractivity contribution in [1.82, 2.24) is 0 Å². The van der Waals surface area contributed by atoms with E-state index in [-0.39, 0.29) is 0 Å². The van der Waals surface area contributed by atoms with Crippen LogP contribution in [0.25, 0.3) is 75.1 Å². The van der Waals surface area contributed by atoms with Crippen molar-refractivity contribution in [2.75, 3.05) is 12.4 Å². The Morgan fingerprint density at radius 1 is 0.431 bits per heavy atom. The Morgan fingerprint density at radius 2 is 0.980 bits per heavy atom. The number of rotatable bonds is 5. The van der Waals surface area contributed by atoms with E-state index in [0.717, 1.165) is 39.1 Å². The van der Waals surface area contributed by atoms with Gasteiger partial charge >= 0.3 is 0 Å². The van der Waals surface area contributed by atoms with Crippen molar-refractivity contribution in [1.29, 1.82) is 0 Å². The van der Waals surface area contributed by atoms with Crippen LogP contribution in [0.4, 0.5) is 11.4 Å². The van der Waals surface area contributed by atoms with Gasteiger partial charge in [-0.05, 0) is 94.4 Å². The second kappa shape index (κ2) is 13.2. The molecule has 2 aromatic heterocycles. The smallest absolute Gasteiger partial charge is 0.135 e. The molecule has 0 aliphatic rings. The zero-order valence-electron chi connectivity index (χ0n) is 28.0. The second-order valence-corrected chi connectivity index (χ2v) is 13.7. The van der Waals surface area contributed by atoms with Crippen molar-refractivity contribution in [2.45, 2.75) is 0 Å². The molecule has 3 nitrogen and oxygen atoms in total. The lowest BCUT2D eigenvalue weighted by molar-refractivity contribution is 0.420. The number of furan rings is 1. The molecule has 2 heterocycles. The fraction of sp³-hybridized carbons (Fsp3) is 0.0213. The van der Waals surface area contributed by atoms with Crippen molar-refractivity contribution >= 4 is 75.6 Å². The summed E-state index contributed by atoms with van der Waals surface area (Å²) in [5.74, 6) is 0.938. The lowest BCUT2D eigenvalue weighted by atomic mass is 10.0. The van der Waals surface area contributed by atoms with E-state index >= 15 is 0 Å². The molecule has 0 aliphatic heterocycles. The first-order chi connectivity index (χ1) is 25.2. The summed E-state index contributed by atoms with van der Waals surface area (Å²) in [4.78, 5) is 0. The second-order valence-electron chi connectivity index (χ2n) is 12.6. The Labute approximate surface area is 300 Å². The maximum absolute atomic E-state index is 5.99. The summed E-state index contributed by atoms with van der Waals surface area (Å²) in [6.45, 7) is 0. The average molecular weight is 676 g/mol. The summed E-state index contributed by atoms with van der Waals surface area (Å²) in [6.07, 6.45) is 0. The van der Waals surface area contributed by atoms with Crippen LogP contribution in [0.15, 0.2) is 180 Å². The zero-order valence-corrected chi connectivity index (χ0v) is 28.8. The largest absolute Gasteiger partial charge is 0.496 e. The maximum atomic E-state index is 5.99. The van der Waals surface area contributed by atoms with Crippen molar-refractivity contribution in [3.05, 3.63) is 176 Å². The van der Waals surface area contributed by atoms with Gasteiger partial charge in [0, 0.05) is 47.7 Å². The van der Waals surface area contributed by atoms with E-state index in [1.165, 1.54) is 53.2 Å². The monoisotopic (exact) mass is 675 g/mol. The highest BCUT2D eigenvalue weighted by atomic mass is 32.1. The third-order valence-corrected chi connectivity index (χ3v) is 10.6. The Hall–Kier alpha value is -6.36. The third kappa shape index (κ3) is 5.96. The van der Waals surface area contributed by atoms with Crippen LogP contribution >= 0.6 is 11.3 Å². The van der Waals surface area contributed by atoms with Gasteiger partial charge in [-0.2, -0.15) is 0 Å². The van der Waals surface area contributed by atoms with Crippen LogP contribution in [0.1, 0.15) is 0 Å². The molecular formula is C47H33NO2S. The Balaban J connectivity index is 0.000000246. The quantitative estimate of drug-likeness (QED) is 0.197. The van der Waals surface area contributed by atoms with E-state index in [1.807, 2.05) is 47.7 Å². The van der Waals surface area contributed by atoms with Crippen LogP contribution in [0.5, 0.6) is 5.75 Å². The number of nitrogens with one attached hydrogen (secondary N) is 1. The van der Waals surface area contributed by atoms with E-state index in [4.69, 9.17) is 9.15 Å². The number of ether oxygens (including phenoxy) is 1. The first-order valence-corrected chi connectivity index (χ1v) is 17.8. The molecule has 4 heteroatoms. The molecule has 0 radical (unpaired) electrons. The van der Waals surface area contributed by atoms with Crippen molar-refractivity contribution < 1.29 is 9.15 Å². The molecule has 0 bridgehead atoms. The SMILES string of the molecule is COc1cccc2ccccc12.c1ccc2c(c1)oc1ccc(-c3ccc(Nc4ccc(-c5ccc6sc7ccccc7c6c5)cc4)cc3)cc12. The molecule has 0 saturated carbocycles. The minimum absolute atomic E-state index is 0.922. The first kappa shape index (κ1) is 30.7. The zero-order chi connectivity index (χ0) is 34.1. The first-order valence-electron chi connectivity index (χ1n) is 17.0. The number of benzene rings is 8. The summed E-state index contributed by atoms with van der Waals surface area (Å²) >= 11 is 1.86. The molecule has 51 heavy (non-hydrogen) atoms. The number of anilines is 2. The molecule has 0 fully saturated rings. The van der Waals surface area contributed by atoms with E-state index in [9.17, 15) is 0 Å². The van der Waals surface area contributed by atoms with Crippen molar-refractivity contribution in [3.63, 3.8) is 0 Å². The molecule has 0 unspecified atom stereocenters. The molecule has 0 saturated heterocycles. The number of methoxy groups -OCH3 is 1. The number of para-hydroxylation sites is 1. The molecule has 0 amide bonds. The predicted molar refractivity (Wildman–Crippen MR) is 218 cm³/mol. The molecule has 244 valence electrons. The highest BCUT2D eigenvalue weighted by Crippen LogP contribution is 2.37. The topological polar surface area (TPSA) is 34.4 Å². The van der Waals surface area contributed by atoms with E-state index in [2.05, 4.69) is 145 Å². The summed E-state index contributed by atoms with van der Waals surface area (Å²) in [7, 11) is 1.70. The van der Waals surface area contributed by atoms with Gasteiger partial charge < -0.3 is 14.5 Å². The molecule has 10 aromatic rings. The third-order valence-electron chi connectivity index (χ3n) is 9.45. The van der Waals surface area contributed by atoms with Crippen LogP contribution in [-0.4, -0.2) is 7.11 Å². The summed E-state index contributed by atoms with van der Waals surface area (Å²) in [5, 5.41) is 10.9. The fourth-order valence-corrected chi connectivity index (χ4v) is 7.93. The number of thiophene rings is 1. The van der Waals surface area contributed by atoms with Gasteiger partial charge in [0.15, 0.2) is 0 Å². The molecule has 8 aromatic carbocycles. The number of fused-ring (bicyclic) bond motifs is 7. The highest BCUT2D eigenvalue weighted by Gasteiger charge is 2.09. The Morgan fingerprint density at radius 3 is 1.73 bits per heavy atom. The maximum Gasteiger partial charge on any atom is 0.135 e. The molecule has 0 atom stereocenters. The Kier molecular flexibility index (Phi) is 7.92. The highest BCUT2D eigenvalue weighted by molar-refractivity contribution is 7.25. The molecule has 1 N–H and O–H groups in total. The standard InChI is InChI=1S/C36H23NOS.C11H10O/c1-3-7-33-29(5-1)31-21-25(13-19-34(31)38-33)23-9-15-27(16-10-23)37-28-17-11-24(12-18-28)26-14-20-36-32(22-26)30-6-2-4-8-35(30)39-36;1-12-11-8-4-6-9-5-2-3-7-10(9)11/h1-22,37H;2-8H,1H3. The molecule has 10 rings (SSSR count). The van der Waals surface area contributed by atoms with Crippen molar-refractivity contribution in [3.8, 4) is 28.0 Å². The van der Waals surface area contributed by atoms with Crippen LogP contribution in [0.3, 0.4) is 0 Å². The lowest BCUT2D eigenvalue weighted by Crippen LogP contribution is -1.90. The lowest BCUT2D eigenvalue weighted by Gasteiger charge is -2.09. The van der Waals surface area contributed by atoms with E-state index in [0.29, 0.717) is 0 Å². The van der Waals surface area contributed by atoms with Gasteiger partial charge in [-0.15, -0.1) is 11.3 Å². The minimum Gasteiger partial charge on any atom is -0.496 e. The van der Waals surface area contributed by atoms with Crippen LogP contribution in [0.2, 0.25) is 0 Å². The van der Waals surface area contributed by atoms with Crippen LogP contribution < -0.4 is 10.1 Å². The normalized spacial score (nSPS) is 11.2. The van der Waals surface area contributed by atoms with Gasteiger partial charge in [0.05, 0.1) is 7.11 Å². The van der Waals surface area contributed by atoms with Gasteiger partial charge in [0.25, 0.3) is 0 Å². The molecule has 0 aliphatic carbocycles. The summed E-state index contributed by atoms with van der Waals surface area (Å²) < 4.78 is 13.9. The van der Waals surface area contributed by atoms with Crippen molar-refractivity contribution in [2.24, 2.45) is 0 Å². The van der Waals surface area contributed by atoms with E-state index < -0.39 is 0 Å². The van der Waals surface area contributed by atoms with Crippen LogP contribution in [-0.2, 0) is 0 Å². The summed E-state index contributed by atoms with van der Waals surface area (Å²) in [6, 6.07) is 61.6. The van der Waals surface area contributed by atoms with Gasteiger partial charge in [0.2, 0.25) is 0 Å². The molecule has 0 spiro atoms. The summed E-state index contributed by atoms with van der Waals surface area (Å²) in [5.41, 5.74) is 8.80. The predicted octanol–water partition coefficient (Wildman–Crippen LogP) is 13.9. The average Bonchev–Trinajstić information content (AvgIpc) is 3.76. The number of hydrogen-bond donors (Lipinski definition) is 1. The van der Waals surface area contributed by atoms with Gasteiger partial charge in [-0.1, -0.05) is 109 Å². The van der Waals surface area contributed by atoms with Gasteiger partial charge in [-0.3, -0.25) is 0 Å².